The standard InChI is InChI=1S/C13H14ClN3O/c1-3-15-13-12(16-6-7-17-13)9-4-5-10(14)11(8-9)18-2/h4-8H,3H2,1-2H3,(H,15,17). The maximum Gasteiger partial charge on any atom is 0.152 e. The minimum Gasteiger partial charge on any atom is -0.495 e. The van der Waals surface area contributed by atoms with Crippen molar-refractivity contribution >= 4 is 17.4 Å². The minimum atomic E-state index is 0.579. The SMILES string of the molecule is CCNc1nccnc1-c1ccc(Cl)c(OC)c1. The Hall–Kier alpha value is -1.81. The number of hydrogen-bond donors (Lipinski definition) is 1. The van der Waals surface area contributed by atoms with Crippen LogP contribution in [0.5, 0.6) is 5.75 Å². The molecule has 18 heavy (non-hydrogen) atoms. The number of halogens is 1. The number of anilines is 1. The van der Waals surface area contributed by atoms with Crippen molar-refractivity contribution in [1.29, 1.82) is 0 Å². The van der Waals surface area contributed by atoms with Crippen LogP contribution < -0.4 is 10.1 Å². The van der Waals surface area contributed by atoms with Crippen molar-refractivity contribution in [3.05, 3.63) is 35.6 Å². The number of aromatic nitrogens is 2. The van der Waals surface area contributed by atoms with Crippen LogP contribution in [0.4, 0.5) is 5.82 Å². The first-order valence-electron chi connectivity index (χ1n) is 5.65. The zero-order valence-corrected chi connectivity index (χ0v) is 11.0. The molecule has 1 aromatic heterocycles. The molecule has 0 atom stereocenters. The highest BCUT2D eigenvalue weighted by Gasteiger charge is 2.09. The van der Waals surface area contributed by atoms with Crippen molar-refractivity contribution in [2.75, 3.05) is 19.0 Å². The van der Waals surface area contributed by atoms with Gasteiger partial charge in [-0.15, -0.1) is 0 Å². The maximum absolute atomic E-state index is 6.01. The monoisotopic (exact) mass is 263 g/mol. The van der Waals surface area contributed by atoms with Gasteiger partial charge in [0.05, 0.1) is 12.1 Å². The Bertz CT molecular complexity index is 546. The lowest BCUT2D eigenvalue weighted by Gasteiger charge is -2.10. The third kappa shape index (κ3) is 2.54. The molecule has 4 nitrogen and oxygen atoms in total. The van der Waals surface area contributed by atoms with Crippen molar-refractivity contribution in [2.24, 2.45) is 0 Å². The molecule has 0 fully saturated rings. The Morgan fingerprint density at radius 1 is 1.28 bits per heavy atom. The van der Waals surface area contributed by atoms with Crippen LogP contribution in [0.2, 0.25) is 5.02 Å². The van der Waals surface area contributed by atoms with Crippen LogP contribution in [0.15, 0.2) is 30.6 Å². The molecule has 0 unspecified atom stereocenters. The van der Waals surface area contributed by atoms with Crippen molar-refractivity contribution in [3.63, 3.8) is 0 Å². The molecule has 0 saturated heterocycles. The van der Waals surface area contributed by atoms with E-state index in [1.165, 1.54) is 0 Å². The average Bonchev–Trinajstić information content (AvgIpc) is 2.40. The van der Waals surface area contributed by atoms with Crippen molar-refractivity contribution in [1.82, 2.24) is 9.97 Å². The molecule has 0 radical (unpaired) electrons. The number of methoxy groups -OCH3 is 1. The molecule has 1 heterocycles. The fraction of sp³-hybridized carbons (Fsp3) is 0.231. The largest absolute Gasteiger partial charge is 0.495 e. The highest BCUT2D eigenvalue weighted by Crippen LogP contribution is 2.31. The molecule has 94 valence electrons. The number of benzene rings is 1. The van der Waals surface area contributed by atoms with E-state index >= 15 is 0 Å². The molecule has 0 bridgehead atoms. The fourth-order valence-electron chi connectivity index (χ4n) is 1.65. The Kier molecular flexibility index (Phi) is 3.99. The van der Waals surface area contributed by atoms with Crippen molar-refractivity contribution in [2.45, 2.75) is 6.92 Å². The summed E-state index contributed by atoms with van der Waals surface area (Å²) in [5.74, 6) is 1.38. The first-order chi connectivity index (χ1) is 8.76. The van der Waals surface area contributed by atoms with E-state index < -0.39 is 0 Å². The van der Waals surface area contributed by atoms with Gasteiger partial charge >= 0.3 is 0 Å². The Morgan fingerprint density at radius 3 is 2.78 bits per heavy atom. The van der Waals surface area contributed by atoms with Gasteiger partial charge in [0.2, 0.25) is 0 Å². The average molecular weight is 264 g/mol. The van der Waals surface area contributed by atoms with Crippen LogP contribution in [-0.2, 0) is 0 Å². The summed E-state index contributed by atoms with van der Waals surface area (Å²) in [6, 6.07) is 5.54. The maximum atomic E-state index is 6.01. The molecular weight excluding hydrogens is 250 g/mol. The van der Waals surface area contributed by atoms with Gasteiger partial charge in [0.15, 0.2) is 5.82 Å². The van der Waals surface area contributed by atoms with Crippen LogP contribution in [0, 0.1) is 0 Å². The highest BCUT2D eigenvalue weighted by molar-refractivity contribution is 6.32. The topological polar surface area (TPSA) is 47.0 Å². The molecule has 2 aromatic rings. The second-order valence-electron chi connectivity index (χ2n) is 3.63. The molecule has 0 aliphatic heterocycles. The van der Waals surface area contributed by atoms with E-state index in [1.807, 2.05) is 19.1 Å². The third-order valence-corrected chi connectivity index (χ3v) is 2.78. The number of ether oxygens (including phenoxy) is 1. The molecule has 0 spiro atoms. The smallest absolute Gasteiger partial charge is 0.152 e. The Balaban J connectivity index is 2.48. The lowest BCUT2D eigenvalue weighted by molar-refractivity contribution is 0.415. The summed E-state index contributed by atoms with van der Waals surface area (Å²) in [5.41, 5.74) is 1.70. The van der Waals surface area contributed by atoms with E-state index in [4.69, 9.17) is 16.3 Å². The predicted molar refractivity (Wildman–Crippen MR) is 73.2 cm³/mol. The molecule has 1 aromatic carbocycles. The van der Waals surface area contributed by atoms with Crippen LogP contribution in [0.3, 0.4) is 0 Å². The van der Waals surface area contributed by atoms with Crippen LogP contribution in [-0.4, -0.2) is 23.6 Å². The highest BCUT2D eigenvalue weighted by atomic mass is 35.5. The molecule has 2 rings (SSSR count). The number of nitrogens with zero attached hydrogens (tertiary/aromatic N) is 2. The summed E-state index contributed by atoms with van der Waals surface area (Å²) < 4.78 is 5.21. The third-order valence-electron chi connectivity index (χ3n) is 2.47. The van der Waals surface area contributed by atoms with Crippen LogP contribution >= 0.6 is 11.6 Å². The zero-order valence-electron chi connectivity index (χ0n) is 10.3. The lowest BCUT2D eigenvalue weighted by atomic mass is 10.1. The van der Waals surface area contributed by atoms with Gasteiger partial charge in [-0.05, 0) is 19.1 Å². The number of nitrogens with one attached hydrogen (secondary N) is 1. The summed E-state index contributed by atoms with van der Waals surface area (Å²) in [7, 11) is 1.59. The van der Waals surface area contributed by atoms with Crippen LogP contribution in [0.1, 0.15) is 6.92 Å². The van der Waals surface area contributed by atoms with E-state index in [9.17, 15) is 0 Å². The number of hydrogen-bond acceptors (Lipinski definition) is 4. The van der Waals surface area contributed by atoms with E-state index in [0.717, 1.165) is 23.6 Å². The second-order valence-corrected chi connectivity index (χ2v) is 4.04. The van der Waals surface area contributed by atoms with E-state index in [-0.39, 0.29) is 0 Å². The second kappa shape index (κ2) is 5.69. The molecule has 5 heteroatoms. The molecule has 1 N–H and O–H groups in total. The van der Waals surface area contributed by atoms with Gasteiger partial charge in [-0.25, -0.2) is 4.98 Å². The van der Waals surface area contributed by atoms with Crippen molar-refractivity contribution in [3.8, 4) is 17.0 Å². The van der Waals surface area contributed by atoms with E-state index in [0.29, 0.717) is 10.8 Å². The van der Waals surface area contributed by atoms with Gasteiger partial charge in [-0.1, -0.05) is 17.7 Å². The molecular formula is C13H14ClN3O. The summed E-state index contributed by atoms with van der Waals surface area (Å²) in [6.45, 7) is 2.80. The normalized spacial score (nSPS) is 10.2. The van der Waals surface area contributed by atoms with Gasteiger partial charge in [-0.2, -0.15) is 0 Å². The van der Waals surface area contributed by atoms with E-state index in [2.05, 4.69) is 15.3 Å². The van der Waals surface area contributed by atoms with E-state index in [1.54, 1.807) is 25.6 Å². The lowest BCUT2D eigenvalue weighted by Crippen LogP contribution is -2.02. The van der Waals surface area contributed by atoms with Gasteiger partial charge in [0, 0.05) is 24.5 Å². The van der Waals surface area contributed by atoms with Crippen molar-refractivity contribution < 1.29 is 4.74 Å². The van der Waals surface area contributed by atoms with Crippen LogP contribution in [0.25, 0.3) is 11.3 Å². The molecule has 0 aliphatic rings. The summed E-state index contributed by atoms with van der Waals surface area (Å²) in [6.07, 6.45) is 3.33. The molecule has 0 aliphatic carbocycles. The summed E-state index contributed by atoms with van der Waals surface area (Å²) in [5, 5.41) is 3.76. The van der Waals surface area contributed by atoms with Gasteiger partial charge < -0.3 is 10.1 Å². The first-order valence-corrected chi connectivity index (χ1v) is 6.02. The van der Waals surface area contributed by atoms with Gasteiger partial charge in [0.1, 0.15) is 11.4 Å². The van der Waals surface area contributed by atoms with Gasteiger partial charge in [-0.3, -0.25) is 4.98 Å². The fourth-order valence-corrected chi connectivity index (χ4v) is 1.85. The Labute approximate surface area is 111 Å². The molecule has 0 amide bonds. The first kappa shape index (κ1) is 12.6. The van der Waals surface area contributed by atoms with Gasteiger partial charge in [0.25, 0.3) is 0 Å². The summed E-state index contributed by atoms with van der Waals surface area (Å²) >= 11 is 6.01. The zero-order chi connectivity index (χ0) is 13.0. The summed E-state index contributed by atoms with van der Waals surface area (Å²) in [4.78, 5) is 8.62. The quantitative estimate of drug-likeness (QED) is 0.920. The minimum absolute atomic E-state index is 0.579. The number of rotatable bonds is 4. The molecule has 0 saturated carbocycles. The Morgan fingerprint density at radius 2 is 2.06 bits per heavy atom. The predicted octanol–water partition coefficient (Wildman–Crippen LogP) is 3.24.